The summed E-state index contributed by atoms with van der Waals surface area (Å²) < 4.78 is 27.0. The summed E-state index contributed by atoms with van der Waals surface area (Å²) in [4.78, 5) is 28.0. The zero-order valence-corrected chi connectivity index (χ0v) is 22.2. The van der Waals surface area contributed by atoms with Crippen LogP contribution in [0.2, 0.25) is 5.02 Å². The summed E-state index contributed by atoms with van der Waals surface area (Å²) in [6.45, 7) is 9.19. The van der Waals surface area contributed by atoms with Gasteiger partial charge in [-0.05, 0) is 63.9 Å². The van der Waals surface area contributed by atoms with E-state index in [4.69, 9.17) is 11.6 Å². The summed E-state index contributed by atoms with van der Waals surface area (Å²) in [5.74, 6) is -0.741. The minimum absolute atomic E-state index is 0.0369. The van der Waals surface area contributed by atoms with Crippen LogP contribution in [0.1, 0.15) is 45.2 Å². The highest BCUT2D eigenvalue weighted by Crippen LogP contribution is 2.19. The van der Waals surface area contributed by atoms with E-state index in [-0.39, 0.29) is 17.3 Å². The Morgan fingerprint density at radius 1 is 1.03 bits per heavy atom. The zero-order chi connectivity index (χ0) is 25.7. The number of carbonyl (C=O) groups excluding carboxylic acids is 2. The molecule has 0 saturated carbocycles. The predicted molar refractivity (Wildman–Crippen MR) is 135 cm³/mol. The van der Waals surface area contributed by atoms with Crippen molar-refractivity contribution in [3.8, 4) is 0 Å². The number of nitrogens with zero attached hydrogens (tertiary/aromatic N) is 2. The van der Waals surface area contributed by atoms with Gasteiger partial charge in [0.15, 0.2) is 0 Å². The molecule has 0 fully saturated rings. The van der Waals surface area contributed by atoms with Crippen LogP contribution in [0.3, 0.4) is 0 Å². The largest absolute Gasteiger partial charge is 0.350 e. The van der Waals surface area contributed by atoms with Gasteiger partial charge in [-0.15, -0.1) is 0 Å². The molecule has 0 bridgehead atoms. The Morgan fingerprint density at radius 3 is 2.09 bits per heavy atom. The first kappa shape index (κ1) is 27.8. The van der Waals surface area contributed by atoms with Crippen molar-refractivity contribution >= 4 is 33.4 Å². The Balaban J connectivity index is 2.34. The van der Waals surface area contributed by atoms with Gasteiger partial charge in [-0.25, -0.2) is 8.42 Å². The highest BCUT2D eigenvalue weighted by atomic mass is 35.5. The van der Waals surface area contributed by atoms with Gasteiger partial charge in [-0.3, -0.25) is 9.59 Å². The molecule has 2 amide bonds. The summed E-state index contributed by atoms with van der Waals surface area (Å²) in [5, 5.41) is 3.35. The minimum atomic E-state index is -3.92. The van der Waals surface area contributed by atoms with Gasteiger partial charge in [0.25, 0.3) is 0 Å². The fourth-order valence-electron chi connectivity index (χ4n) is 3.42. The standard InChI is InChI=1S/C25H34ClN3O4S/c1-7-22(24(31)27-25(3,4)5)29(16-19-10-8-18(2)9-11-19)23(30)17-28(6)34(32,33)21-14-12-20(26)13-15-21/h8-15,22H,7,16-17H2,1-6H3,(H,27,31). The lowest BCUT2D eigenvalue weighted by atomic mass is 10.1. The number of aryl methyl sites for hydroxylation is 1. The predicted octanol–water partition coefficient (Wildman–Crippen LogP) is 3.99. The van der Waals surface area contributed by atoms with Crippen molar-refractivity contribution < 1.29 is 18.0 Å². The number of likely N-dealkylation sites (N-methyl/N-ethyl adjacent to an activating group) is 1. The average molecular weight is 508 g/mol. The molecule has 7 nitrogen and oxygen atoms in total. The normalized spacial score (nSPS) is 12.9. The highest BCUT2D eigenvalue weighted by molar-refractivity contribution is 7.89. The van der Waals surface area contributed by atoms with Crippen molar-refractivity contribution in [3.63, 3.8) is 0 Å². The van der Waals surface area contributed by atoms with Gasteiger partial charge in [-0.2, -0.15) is 4.31 Å². The molecule has 0 saturated heterocycles. The molecule has 0 aliphatic carbocycles. The first-order chi connectivity index (χ1) is 15.7. The average Bonchev–Trinajstić information content (AvgIpc) is 2.74. The zero-order valence-electron chi connectivity index (χ0n) is 20.6. The lowest BCUT2D eigenvalue weighted by molar-refractivity contribution is -0.142. The van der Waals surface area contributed by atoms with E-state index in [2.05, 4.69) is 5.32 Å². The van der Waals surface area contributed by atoms with Gasteiger partial charge in [0, 0.05) is 24.2 Å². The van der Waals surface area contributed by atoms with Crippen LogP contribution in [0.4, 0.5) is 0 Å². The molecule has 2 aromatic rings. The summed E-state index contributed by atoms with van der Waals surface area (Å²) in [6.07, 6.45) is 0.382. The number of hydrogen-bond donors (Lipinski definition) is 1. The number of rotatable bonds is 9. The number of nitrogens with one attached hydrogen (secondary N) is 1. The lowest BCUT2D eigenvalue weighted by Crippen LogP contribution is -2.55. The van der Waals surface area contributed by atoms with E-state index in [1.807, 2.05) is 58.9 Å². The first-order valence-electron chi connectivity index (χ1n) is 11.1. The summed E-state index contributed by atoms with van der Waals surface area (Å²) >= 11 is 5.87. The third-order valence-electron chi connectivity index (χ3n) is 5.24. The van der Waals surface area contributed by atoms with Crippen LogP contribution in [-0.4, -0.2) is 54.6 Å². The third-order valence-corrected chi connectivity index (χ3v) is 7.31. The van der Waals surface area contributed by atoms with E-state index in [9.17, 15) is 18.0 Å². The summed E-state index contributed by atoms with van der Waals surface area (Å²) in [7, 11) is -2.57. The molecule has 9 heteroatoms. The maximum atomic E-state index is 13.4. The van der Waals surface area contributed by atoms with Crippen molar-refractivity contribution in [1.29, 1.82) is 0 Å². The minimum Gasteiger partial charge on any atom is -0.350 e. The molecule has 34 heavy (non-hydrogen) atoms. The molecule has 0 aromatic heterocycles. The van der Waals surface area contributed by atoms with Gasteiger partial charge in [-0.1, -0.05) is 48.4 Å². The second-order valence-electron chi connectivity index (χ2n) is 9.39. The number of carbonyl (C=O) groups is 2. The number of amides is 2. The monoisotopic (exact) mass is 507 g/mol. The molecule has 1 atom stereocenters. The Bertz CT molecular complexity index is 1090. The highest BCUT2D eigenvalue weighted by Gasteiger charge is 2.33. The molecule has 0 aliphatic rings. The van der Waals surface area contributed by atoms with Crippen LogP contribution < -0.4 is 5.32 Å². The van der Waals surface area contributed by atoms with E-state index in [0.29, 0.717) is 11.4 Å². The number of benzene rings is 2. The summed E-state index contributed by atoms with van der Waals surface area (Å²) in [6, 6.07) is 12.7. The Labute approximate surface area is 208 Å². The van der Waals surface area contributed by atoms with E-state index in [1.54, 1.807) is 0 Å². The molecule has 0 spiro atoms. The van der Waals surface area contributed by atoms with Crippen molar-refractivity contribution in [3.05, 3.63) is 64.7 Å². The second-order valence-corrected chi connectivity index (χ2v) is 11.9. The molecule has 2 aromatic carbocycles. The van der Waals surface area contributed by atoms with E-state index in [1.165, 1.54) is 36.2 Å². The van der Waals surface area contributed by atoms with Crippen molar-refractivity contribution in [2.45, 2.75) is 64.1 Å². The third kappa shape index (κ3) is 7.55. The molecule has 1 N–H and O–H groups in total. The summed E-state index contributed by atoms with van der Waals surface area (Å²) in [5.41, 5.74) is 1.45. The van der Waals surface area contributed by atoms with Gasteiger partial charge in [0.2, 0.25) is 21.8 Å². The van der Waals surface area contributed by atoms with Gasteiger partial charge in [0.1, 0.15) is 6.04 Å². The Hall–Kier alpha value is -2.42. The Kier molecular flexibility index (Phi) is 9.28. The van der Waals surface area contributed by atoms with Crippen LogP contribution in [0, 0.1) is 6.92 Å². The molecular weight excluding hydrogens is 474 g/mol. The van der Waals surface area contributed by atoms with Gasteiger partial charge >= 0.3 is 0 Å². The fraction of sp³-hybridized carbons (Fsp3) is 0.440. The van der Waals surface area contributed by atoms with E-state index >= 15 is 0 Å². The molecular formula is C25H34ClN3O4S. The second kappa shape index (κ2) is 11.3. The SMILES string of the molecule is CCC(C(=O)NC(C)(C)C)N(Cc1ccc(C)cc1)C(=O)CN(C)S(=O)(=O)c1ccc(Cl)cc1. The number of hydrogen-bond acceptors (Lipinski definition) is 4. The van der Waals surface area contributed by atoms with Crippen LogP contribution in [-0.2, 0) is 26.2 Å². The van der Waals surface area contributed by atoms with Gasteiger partial charge < -0.3 is 10.2 Å². The maximum absolute atomic E-state index is 13.4. The van der Waals surface area contributed by atoms with Crippen molar-refractivity contribution in [1.82, 2.24) is 14.5 Å². The van der Waals surface area contributed by atoms with Crippen LogP contribution >= 0.6 is 11.6 Å². The van der Waals surface area contributed by atoms with Crippen LogP contribution in [0.15, 0.2) is 53.4 Å². The van der Waals surface area contributed by atoms with Crippen molar-refractivity contribution in [2.75, 3.05) is 13.6 Å². The fourth-order valence-corrected chi connectivity index (χ4v) is 4.66. The smallest absolute Gasteiger partial charge is 0.243 e. The van der Waals surface area contributed by atoms with Crippen molar-refractivity contribution in [2.24, 2.45) is 0 Å². The first-order valence-corrected chi connectivity index (χ1v) is 13.0. The van der Waals surface area contributed by atoms with Crippen LogP contribution in [0.25, 0.3) is 0 Å². The molecule has 186 valence electrons. The van der Waals surface area contributed by atoms with Gasteiger partial charge in [0.05, 0.1) is 11.4 Å². The molecule has 2 rings (SSSR count). The maximum Gasteiger partial charge on any atom is 0.243 e. The molecule has 1 unspecified atom stereocenters. The van der Waals surface area contributed by atoms with E-state index in [0.717, 1.165) is 15.4 Å². The Morgan fingerprint density at radius 2 is 1.59 bits per heavy atom. The number of halogens is 1. The topological polar surface area (TPSA) is 86.8 Å². The number of sulfonamides is 1. The van der Waals surface area contributed by atoms with E-state index < -0.39 is 34.1 Å². The van der Waals surface area contributed by atoms with Crippen LogP contribution in [0.5, 0.6) is 0 Å². The molecule has 0 radical (unpaired) electrons. The lowest BCUT2D eigenvalue weighted by Gasteiger charge is -2.34. The quantitative estimate of drug-likeness (QED) is 0.556. The molecule has 0 aliphatic heterocycles. The molecule has 0 heterocycles.